The fourth-order valence-electron chi connectivity index (χ4n) is 1.85. The maximum absolute atomic E-state index is 12.0. The zero-order chi connectivity index (χ0) is 15.6. The zero-order valence-corrected chi connectivity index (χ0v) is 11.7. The maximum atomic E-state index is 12.0. The van der Waals surface area contributed by atoms with Crippen LogP contribution in [0.4, 0.5) is 11.4 Å². The lowest BCUT2D eigenvalue weighted by Crippen LogP contribution is -2.12. The average Bonchev–Trinajstić information content (AvgIpc) is 2.91. The third-order valence-corrected chi connectivity index (χ3v) is 3.14. The Hall–Kier alpha value is -2.67. The van der Waals surface area contributed by atoms with E-state index in [4.69, 9.17) is 10.2 Å². The highest BCUT2D eigenvalue weighted by Gasteiger charge is 2.19. The van der Waals surface area contributed by atoms with Crippen molar-refractivity contribution in [1.82, 2.24) is 0 Å². The van der Waals surface area contributed by atoms with Crippen LogP contribution in [-0.4, -0.2) is 10.8 Å². The molecule has 1 heterocycles. The van der Waals surface area contributed by atoms with Crippen molar-refractivity contribution in [2.24, 2.45) is 5.73 Å². The van der Waals surface area contributed by atoms with Crippen LogP contribution in [0.1, 0.15) is 27.4 Å². The van der Waals surface area contributed by atoms with Gasteiger partial charge in [0.25, 0.3) is 11.6 Å². The van der Waals surface area contributed by atoms with Crippen LogP contribution < -0.4 is 11.1 Å². The van der Waals surface area contributed by atoms with E-state index in [1.165, 1.54) is 12.1 Å². The molecule has 0 unspecified atom stereocenters. The number of furan rings is 1. The lowest BCUT2D eigenvalue weighted by Gasteiger charge is -2.07. The summed E-state index contributed by atoms with van der Waals surface area (Å²) < 4.78 is 5.21. The third-order valence-electron chi connectivity index (χ3n) is 3.14. The van der Waals surface area contributed by atoms with Gasteiger partial charge in [-0.05, 0) is 43.2 Å². The molecule has 3 N–H and O–H groups in total. The fraction of sp³-hybridized carbons (Fsp3) is 0.214. The van der Waals surface area contributed by atoms with E-state index in [9.17, 15) is 14.9 Å². The third kappa shape index (κ3) is 3.09. The molecule has 0 bridgehead atoms. The number of nitro benzene ring substituents is 1. The average molecular weight is 289 g/mol. The lowest BCUT2D eigenvalue weighted by molar-refractivity contribution is -0.384. The van der Waals surface area contributed by atoms with Crippen LogP contribution in [0, 0.1) is 24.0 Å². The topological polar surface area (TPSA) is 111 Å². The van der Waals surface area contributed by atoms with Gasteiger partial charge in [-0.2, -0.15) is 0 Å². The molecule has 1 aromatic heterocycles. The number of carbonyl (C=O) groups excluding carboxylic acids is 1. The van der Waals surface area contributed by atoms with Crippen LogP contribution in [0.15, 0.2) is 28.7 Å². The Balaban J connectivity index is 2.32. The van der Waals surface area contributed by atoms with E-state index < -0.39 is 10.8 Å². The number of rotatable bonds is 4. The van der Waals surface area contributed by atoms with Crippen molar-refractivity contribution in [3.05, 3.63) is 57.0 Å². The normalized spacial score (nSPS) is 10.4. The second-order valence-electron chi connectivity index (χ2n) is 4.63. The minimum Gasteiger partial charge on any atom is -0.455 e. The number of carbonyl (C=O) groups is 1. The number of aryl methyl sites for hydroxylation is 2. The number of anilines is 1. The van der Waals surface area contributed by atoms with E-state index in [2.05, 4.69) is 5.32 Å². The van der Waals surface area contributed by atoms with Gasteiger partial charge in [-0.25, -0.2) is 0 Å². The van der Waals surface area contributed by atoms with Crippen molar-refractivity contribution in [2.45, 2.75) is 20.4 Å². The molecule has 1 aromatic carbocycles. The Kier molecular flexibility index (Phi) is 4.04. The molecule has 0 saturated carbocycles. The van der Waals surface area contributed by atoms with E-state index in [0.29, 0.717) is 5.76 Å². The van der Waals surface area contributed by atoms with E-state index >= 15 is 0 Å². The Labute approximate surface area is 120 Å². The summed E-state index contributed by atoms with van der Waals surface area (Å²) in [4.78, 5) is 22.6. The molecule has 1 amide bonds. The van der Waals surface area contributed by atoms with Crippen LogP contribution >= 0.6 is 0 Å². The summed E-state index contributed by atoms with van der Waals surface area (Å²) in [5.74, 6) is -0.0289. The molecule has 0 radical (unpaired) electrons. The van der Waals surface area contributed by atoms with E-state index in [1.54, 1.807) is 19.1 Å². The van der Waals surface area contributed by atoms with E-state index in [0.717, 1.165) is 11.1 Å². The SMILES string of the molecule is Cc1cc(NC(=O)c2ccc(CN)o2)c([N+](=O)[O-])cc1C. The minimum atomic E-state index is -0.555. The number of nitrogens with two attached hydrogens (primary N) is 1. The highest BCUT2D eigenvalue weighted by atomic mass is 16.6. The second-order valence-corrected chi connectivity index (χ2v) is 4.63. The molecule has 0 aliphatic rings. The molecule has 0 aliphatic carbocycles. The van der Waals surface area contributed by atoms with Crippen LogP contribution in [-0.2, 0) is 6.54 Å². The molecule has 7 heteroatoms. The molecule has 0 atom stereocenters. The molecule has 0 saturated heterocycles. The smallest absolute Gasteiger partial charge is 0.293 e. The number of nitro groups is 1. The first kappa shape index (κ1) is 14.7. The summed E-state index contributed by atoms with van der Waals surface area (Å²) in [5, 5.41) is 13.6. The number of amides is 1. The highest BCUT2D eigenvalue weighted by Crippen LogP contribution is 2.28. The van der Waals surface area contributed by atoms with Crippen molar-refractivity contribution < 1.29 is 14.1 Å². The van der Waals surface area contributed by atoms with Crippen molar-refractivity contribution in [2.75, 3.05) is 5.32 Å². The van der Waals surface area contributed by atoms with Crippen molar-refractivity contribution in [1.29, 1.82) is 0 Å². The van der Waals surface area contributed by atoms with Gasteiger partial charge in [0.1, 0.15) is 11.4 Å². The van der Waals surface area contributed by atoms with Crippen molar-refractivity contribution in [3.63, 3.8) is 0 Å². The van der Waals surface area contributed by atoms with Gasteiger partial charge in [-0.3, -0.25) is 14.9 Å². The fourth-order valence-corrected chi connectivity index (χ4v) is 1.85. The molecule has 110 valence electrons. The van der Waals surface area contributed by atoms with Crippen LogP contribution in [0.25, 0.3) is 0 Å². The summed E-state index contributed by atoms with van der Waals surface area (Å²) in [6, 6.07) is 6.06. The number of hydrogen-bond donors (Lipinski definition) is 2. The summed E-state index contributed by atoms with van der Waals surface area (Å²) in [6.07, 6.45) is 0. The molecule has 7 nitrogen and oxygen atoms in total. The first-order valence-corrected chi connectivity index (χ1v) is 6.28. The van der Waals surface area contributed by atoms with Crippen LogP contribution in [0.5, 0.6) is 0 Å². The Bertz CT molecular complexity index is 706. The lowest BCUT2D eigenvalue weighted by atomic mass is 10.1. The number of hydrogen-bond acceptors (Lipinski definition) is 5. The van der Waals surface area contributed by atoms with E-state index in [-0.39, 0.29) is 23.7 Å². The first-order valence-electron chi connectivity index (χ1n) is 6.28. The monoisotopic (exact) mass is 289 g/mol. The summed E-state index contributed by atoms with van der Waals surface area (Å²) in [5.41, 5.74) is 7.01. The molecule has 0 spiro atoms. The predicted molar refractivity (Wildman–Crippen MR) is 77.1 cm³/mol. The minimum absolute atomic E-state index is 0.0583. The standard InChI is InChI=1S/C14H15N3O4/c1-8-5-11(12(17(19)20)6-9(8)2)16-14(18)13-4-3-10(7-15)21-13/h3-6H,7,15H2,1-2H3,(H,16,18). The highest BCUT2D eigenvalue weighted by molar-refractivity contribution is 6.03. The predicted octanol–water partition coefficient (Wildman–Crippen LogP) is 2.52. The van der Waals surface area contributed by atoms with Crippen LogP contribution in [0.3, 0.4) is 0 Å². The van der Waals surface area contributed by atoms with E-state index in [1.807, 2.05) is 6.92 Å². The molecular weight excluding hydrogens is 274 g/mol. The van der Waals surface area contributed by atoms with Gasteiger partial charge in [0.05, 0.1) is 11.5 Å². The molecule has 0 fully saturated rings. The molecule has 0 aliphatic heterocycles. The van der Waals surface area contributed by atoms with Gasteiger partial charge >= 0.3 is 0 Å². The summed E-state index contributed by atoms with van der Waals surface area (Å²) in [6.45, 7) is 3.76. The Morgan fingerprint density at radius 1 is 1.33 bits per heavy atom. The maximum Gasteiger partial charge on any atom is 0.293 e. The summed E-state index contributed by atoms with van der Waals surface area (Å²) in [7, 11) is 0. The van der Waals surface area contributed by atoms with Gasteiger partial charge in [-0.1, -0.05) is 0 Å². The zero-order valence-electron chi connectivity index (χ0n) is 11.7. The molecule has 2 aromatic rings. The van der Waals surface area contributed by atoms with Gasteiger partial charge < -0.3 is 15.5 Å². The number of nitrogens with zero attached hydrogens (tertiary/aromatic N) is 1. The van der Waals surface area contributed by atoms with Crippen LogP contribution in [0.2, 0.25) is 0 Å². The number of benzene rings is 1. The molecular formula is C14H15N3O4. The largest absolute Gasteiger partial charge is 0.455 e. The molecule has 21 heavy (non-hydrogen) atoms. The van der Waals surface area contributed by atoms with Gasteiger partial charge in [-0.15, -0.1) is 0 Å². The van der Waals surface area contributed by atoms with Crippen molar-refractivity contribution >= 4 is 17.3 Å². The second kappa shape index (κ2) is 5.76. The Morgan fingerprint density at radius 3 is 2.57 bits per heavy atom. The van der Waals surface area contributed by atoms with Gasteiger partial charge in [0.15, 0.2) is 5.76 Å². The van der Waals surface area contributed by atoms with Gasteiger partial charge in [0, 0.05) is 6.07 Å². The van der Waals surface area contributed by atoms with Crippen molar-refractivity contribution in [3.8, 4) is 0 Å². The number of nitrogens with one attached hydrogen (secondary N) is 1. The first-order chi connectivity index (χ1) is 9.92. The van der Waals surface area contributed by atoms with Gasteiger partial charge in [0.2, 0.25) is 0 Å². The quantitative estimate of drug-likeness (QED) is 0.663. The Morgan fingerprint density at radius 2 is 2.00 bits per heavy atom. The molecule has 2 rings (SSSR count). The summed E-state index contributed by atoms with van der Waals surface area (Å²) >= 11 is 0.